The third kappa shape index (κ3) is 3.60. The molecule has 0 radical (unpaired) electrons. The molecule has 3 rings (SSSR count). The van der Waals surface area contributed by atoms with Crippen molar-refractivity contribution in [2.45, 2.75) is 32.4 Å². The summed E-state index contributed by atoms with van der Waals surface area (Å²) in [7, 11) is 0. The van der Waals surface area contributed by atoms with Crippen LogP contribution in [0.4, 0.5) is 5.82 Å². The third-order valence-corrected chi connectivity index (χ3v) is 4.36. The number of piperidine rings is 1. The van der Waals surface area contributed by atoms with Crippen LogP contribution in [0.15, 0.2) is 35.1 Å². The summed E-state index contributed by atoms with van der Waals surface area (Å²) in [6.45, 7) is 4.86. The van der Waals surface area contributed by atoms with E-state index in [0.717, 1.165) is 43.9 Å². The van der Waals surface area contributed by atoms with Crippen molar-refractivity contribution in [3.8, 4) is 5.69 Å². The maximum absolute atomic E-state index is 12.0. The van der Waals surface area contributed by atoms with E-state index in [2.05, 4.69) is 22.0 Å². The number of anilines is 1. The lowest BCUT2D eigenvalue weighted by molar-refractivity contribution is 0.205. The predicted molar refractivity (Wildman–Crippen MR) is 91.5 cm³/mol. The molecule has 2 aromatic rings. The molecule has 0 amide bonds. The Morgan fingerprint density at radius 1 is 1.22 bits per heavy atom. The fraction of sp³-hybridized carbons (Fsp3) is 0.412. The molecule has 6 nitrogen and oxygen atoms in total. The van der Waals surface area contributed by atoms with Crippen LogP contribution in [0.3, 0.4) is 0 Å². The summed E-state index contributed by atoms with van der Waals surface area (Å²) in [4.78, 5) is 18.3. The Balaban J connectivity index is 1.76. The highest BCUT2D eigenvalue weighted by Crippen LogP contribution is 2.15. The average Bonchev–Trinajstić information content (AvgIpc) is 2.50. The number of benzene rings is 1. The van der Waals surface area contributed by atoms with E-state index in [9.17, 15) is 4.79 Å². The van der Waals surface area contributed by atoms with Crippen LogP contribution in [-0.2, 0) is 6.54 Å². The van der Waals surface area contributed by atoms with Gasteiger partial charge in [-0.05, 0) is 50.6 Å². The maximum Gasteiger partial charge on any atom is 0.354 e. The Hall–Kier alpha value is -2.18. The highest BCUT2D eigenvalue weighted by Gasteiger charge is 2.16. The summed E-state index contributed by atoms with van der Waals surface area (Å²) >= 11 is 0. The summed E-state index contributed by atoms with van der Waals surface area (Å²) < 4.78 is 1.57. The Labute approximate surface area is 135 Å². The van der Waals surface area contributed by atoms with Crippen molar-refractivity contribution in [1.82, 2.24) is 14.5 Å². The highest BCUT2D eigenvalue weighted by atomic mass is 16.1. The molecule has 0 saturated carbocycles. The number of hydrogen-bond acceptors (Lipinski definition) is 5. The van der Waals surface area contributed by atoms with Crippen molar-refractivity contribution in [2.24, 2.45) is 5.73 Å². The van der Waals surface area contributed by atoms with Gasteiger partial charge in [-0.3, -0.25) is 9.47 Å². The van der Waals surface area contributed by atoms with Crippen LogP contribution in [0.25, 0.3) is 5.69 Å². The average molecular weight is 313 g/mol. The van der Waals surface area contributed by atoms with Gasteiger partial charge in [0.25, 0.3) is 0 Å². The summed E-state index contributed by atoms with van der Waals surface area (Å²) in [6.07, 6.45) is 2.12. The van der Waals surface area contributed by atoms with E-state index >= 15 is 0 Å². The normalized spacial score (nSPS) is 16.6. The molecule has 1 aromatic heterocycles. The Morgan fingerprint density at radius 3 is 2.48 bits per heavy atom. The molecule has 0 bridgehead atoms. The van der Waals surface area contributed by atoms with Gasteiger partial charge in [-0.2, -0.15) is 4.98 Å². The Morgan fingerprint density at radius 2 is 1.87 bits per heavy atom. The van der Waals surface area contributed by atoms with Crippen molar-refractivity contribution in [3.05, 3.63) is 52.1 Å². The van der Waals surface area contributed by atoms with Gasteiger partial charge < -0.3 is 11.5 Å². The molecule has 0 atom stereocenters. The van der Waals surface area contributed by atoms with E-state index in [0.29, 0.717) is 6.04 Å². The molecule has 122 valence electrons. The van der Waals surface area contributed by atoms with Crippen LogP contribution in [0.1, 0.15) is 24.1 Å². The smallest absolute Gasteiger partial charge is 0.354 e. The van der Waals surface area contributed by atoms with Gasteiger partial charge in [0.15, 0.2) is 0 Å². The van der Waals surface area contributed by atoms with Crippen molar-refractivity contribution >= 4 is 5.82 Å². The topological polar surface area (TPSA) is 90.2 Å². The van der Waals surface area contributed by atoms with E-state index in [1.54, 1.807) is 10.6 Å². The second-order valence-electron chi connectivity index (χ2n) is 6.22. The van der Waals surface area contributed by atoms with Crippen LogP contribution in [0.2, 0.25) is 0 Å². The first-order valence-electron chi connectivity index (χ1n) is 7.96. The van der Waals surface area contributed by atoms with Gasteiger partial charge in [0.1, 0.15) is 5.82 Å². The lowest BCUT2D eigenvalue weighted by atomic mass is 10.1. The zero-order chi connectivity index (χ0) is 16.4. The Bertz CT molecular complexity index is 730. The molecule has 23 heavy (non-hydrogen) atoms. The standard InChI is InChI=1S/C17H23N5O/c1-12-10-16(19)20-17(23)22(12)15-4-2-13(3-5-15)11-21-8-6-14(18)7-9-21/h2-5,10,14H,6-9,11,18H2,1H3,(H2,19,20,23). The van der Waals surface area contributed by atoms with Crippen molar-refractivity contribution in [1.29, 1.82) is 0 Å². The molecule has 1 saturated heterocycles. The van der Waals surface area contributed by atoms with E-state index < -0.39 is 0 Å². The molecule has 1 fully saturated rings. The van der Waals surface area contributed by atoms with Crippen LogP contribution >= 0.6 is 0 Å². The van der Waals surface area contributed by atoms with Gasteiger partial charge in [-0.15, -0.1) is 0 Å². The van der Waals surface area contributed by atoms with Crippen LogP contribution in [-0.4, -0.2) is 33.6 Å². The second kappa shape index (κ2) is 6.52. The van der Waals surface area contributed by atoms with Crippen LogP contribution < -0.4 is 17.2 Å². The van der Waals surface area contributed by atoms with Crippen LogP contribution in [0, 0.1) is 6.92 Å². The molecule has 1 aliphatic heterocycles. The van der Waals surface area contributed by atoms with E-state index in [-0.39, 0.29) is 11.5 Å². The molecule has 0 aliphatic carbocycles. The molecule has 1 aliphatic rings. The molecule has 6 heteroatoms. The molecule has 4 N–H and O–H groups in total. The minimum Gasteiger partial charge on any atom is -0.383 e. The van der Waals surface area contributed by atoms with Gasteiger partial charge >= 0.3 is 5.69 Å². The molecular weight excluding hydrogens is 290 g/mol. The summed E-state index contributed by atoms with van der Waals surface area (Å²) in [5.41, 5.74) is 14.0. The van der Waals surface area contributed by atoms with Crippen molar-refractivity contribution in [3.63, 3.8) is 0 Å². The lowest BCUT2D eigenvalue weighted by Gasteiger charge is -2.30. The number of hydrogen-bond donors (Lipinski definition) is 2. The predicted octanol–water partition coefficient (Wildman–Crippen LogP) is 1.05. The first-order chi connectivity index (χ1) is 11.0. The molecular formula is C17H23N5O. The number of nitrogens with zero attached hydrogens (tertiary/aromatic N) is 3. The second-order valence-corrected chi connectivity index (χ2v) is 6.22. The number of likely N-dealkylation sites (tertiary alicyclic amines) is 1. The molecule has 1 aromatic carbocycles. The monoisotopic (exact) mass is 313 g/mol. The van der Waals surface area contributed by atoms with Gasteiger partial charge in [0.05, 0.1) is 5.69 Å². The summed E-state index contributed by atoms with van der Waals surface area (Å²) in [6, 6.07) is 10.1. The number of nitrogen functional groups attached to an aromatic ring is 1. The van der Waals surface area contributed by atoms with E-state index in [4.69, 9.17) is 11.5 Å². The van der Waals surface area contributed by atoms with Gasteiger partial charge in [0.2, 0.25) is 0 Å². The van der Waals surface area contributed by atoms with Gasteiger partial charge in [-0.1, -0.05) is 12.1 Å². The zero-order valence-corrected chi connectivity index (χ0v) is 13.4. The minimum absolute atomic E-state index is 0.253. The SMILES string of the molecule is Cc1cc(N)nc(=O)n1-c1ccc(CN2CCC(N)CC2)cc1. The minimum atomic E-state index is -0.347. The molecule has 0 unspecified atom stereocenters. The number of aromatic nitrogens is 2. The Kier molecular flexibility index (Phi) is 4.45. The van der Waals surface area contributed by atoms with E-state index in [1.165, 1.54) is 5.56 Å². The number of nitrogens with two attached hydrogens (primary N) is 2. The largest absolute Gasteiger partial charge is 0.383 e. The zero-order valence-electron chi connectivity index (χ0n) is 13.4. The summed E-state index contributed by atoms with van der Waals surface area (Å²) in [5, 5.41) is 0. The van der Waals surface area contributed by atoms with E-state index in [1.807, 2.05) is 19.1 Å². The third-order valence-electron chi connectivity index (χ3n) is 4.36. The lowest BCUT2D eigenvalue weighted by Crippen LogP contribution is -2.39. The number of rotatable bonds is 3. The maximum atomic E-state index is 12.0. The van der Waals surface area contributed by atoms with Crippen LogP contribution in [0.5, 0.6) is 0 Å². The fourth-order valence-corrected chi connectivity index (χ4v) is 3.06. The van der Waals surface area contributed by atoms with Crippen molar-refractivity contribution in [2.75, 3.05) is 18.8 Å². The highest BCUT2D eigenvalue weighted by molar-refractivity contribution is 5.39. The fourth-order valence-electron chi connectivity index (χ4n) is 3.06. The quantitative estimate of drug-likeness (QED) is 0.884. The first-order valence-corrected chi connectivity index (χ1v) is 7.96. The van der Waals surface area contributed by atoms with Gasteiger partial charge in [0, 0.05) is 24.3 Å². The van der Waals surface area contributed by atoms with Crippen molar-refractivity contribution < 1.29 is 0 Å². The number of aryl methyl sites for hydroxylation is 1. The molecule has 2 heterocycles. The van der Waals surface area contributed by atoms with Gasteiger partial charge in [-0.25, -0.2) is 4.79 Å². The summed E-state index contributed by atoms with van der Waals surface area (Å²) in [5.74, 6) is 0.253. The first kappa shape index (κ1) is 15.7. The molecule has 0 spiro atoms.